The van der Waals surface area contributed by atoms with Gasteiger partial charge in [-0.25, -0.2) is 9.37 Å². The highest BCUT2D eigenvalue weighted by Gasteiger charge is 2.40. The van der Waals surface area contributed by atoms with E-state index in [4.69, 9.17) is 0 Å². The number of piperidine rings is 3. The van der Waals surface area contributed by atoms with Gasteiger partial charge in [0.25, 0.3) is 5.91 Å². The summed E-state index contributed by atoms with van der Waals surface area (Å²) in [5.41, 5.74) is 0.830. The van der Waals surface area contributed by atoms with Crippen LogP contribution in [0.2, 0.25) is 0 Å². The lowest BCUT2D eigenvalue weighted by atomic mass is 9.79. The van der Waals surface area contributed by atoms with Crippen molar-refractivity contribution >= 4 is 17.2 Å². The average Bonchev–Trinajstić information content (AvgIpc) is 3.09. The first kappa shape index (κ1) is 15.7. The summed E-state index contributed by atoms with van der Waals surface area (Å²) in [5, 5.41) is 3.96. The summed E-state index contributed by atoms with van der Waals surface area (Å²) in [4.78, 5) is 20.0. The van der Waals surface area contributed by atoms with Gasteiger partial charge in [0.15, 0.2) is 0 Å². The van der Waals surface area contributed by atoms with Gasteiger partial charge in [0.2, 0.25) is 0 Å². The second kappa shape index (κ2) is 6.26. The van der Waals surface area contributed by atoms with E-state index >= 15 is 0 Å². The molecule has 3 saturated heterocycles. The first-order valence-electron chi connectivity index (χ1n) is 8.38. The second-order valence-electron chi connectivity index (χ2n) is 6.65. The average molecular weight is 345 g/mol. The lowest BCUT2D eigenvalue weighted by molar-refractivity contribution is 0.0218. The van der Waals surface area contributed by atoms with Crippen LogP contribution in [0.15, 0.2) is 30.5 Å². The molecule has 1 amide bonds. The molecule has 3 aliphatic heterocycles. The van der Waals surface area contributed by atoms with E-state index in [2.05, 4.69) is 22.1 Å². The Labute approximate surface area is 144 Å². The summed E-state index contributed by atoms with van der Waals surface area (Å²) < 4.78 is 13.0. The van der Waals surface area contributed by atoms with Crippen molar-refractivity contribution in [2.75, 3.05) is 13.1 Å². The Hall–Kier alpha value is -1.79. The van der Waals surface area contributed by atoms with Gasteiger partial charge < -0.3 is 5.32 Å². The number of hydrogen-bond acceptors (Lipinski definition) is 4. The van der Waals surface area contributed by atoms with Gasteiger partial charge in [-0.3, -0.25) is 9.69 Å². The van der Waals surface area contributed by atoms with Crippen LogP contribution in [-0.4, -0.2) is 41.0 Å². The monoisotopic (exact) mass is 345 g/mol. The molecule has 0 saturated carbocycles. The van der Waals surface area contributed by atoms with Crippen LogP contribution in [0, 0.1) is 11.7 Å². The molecule has 2 atom stereocenters. The number of rotatable bonds is 3. The van der Waals surface area contributed by atoms with Crippen LogP contribution in [0.1, 0.15) is 29.4 Å². The van der Waals surface area contributed by atoms with Crippen molar-refractivity contribution in [3.8, 4) is 10.6 Å². The molecule has 2 unspecified atom stereocenters. The highest BCUT2D eigenvalue weighted by molar-refractivity contribution is 7.16. The Balaban J connectivity index is 1.48. The number of hydrogen-bond donors (Lipinski definition) is 1. The van der Waals surface area contributed by atoms with E-state index in [0.29, 0.717) is 16.8 Å². The van der Waals surface area contributed by atoms with Crippen molar-refractivity contribution in [3.63, 3.8) is 0 Å². The minimum Gasteiger partial charge on any atom is -0.347 e. The third-order valence-electron chi connectivity index (χ3n) is 5.30. The standard InChI is InChI=1S/C18H20FN3OS/c1-11-16(12-6-8-22(11)9-7-12)21-17(23)15-10-20-18(24-15)13-2-4-14(19)5-3-13/h2-5,10-12,16H,6-9H2,1H3,(H,21,23). The summed E-state index contributed by atoms with van der Waals surface area (Å²) in [5.74, 6) is 0.259. The molecule has 2 aromatic rings. The summed E-state index contributed by atoms with van der Waals surface area (Å²) in [6.07, 6.45) is 3.95. The topological polar surface area (TPSA) is 45.2 Å². The lowest BCUT2D eigenvalue weighted by Crippen LogP contribution is -2.62. The first-order valence-corrected chi connectivity index (χ1v) is 9.20. The van der Waals surface area contributed by atoms with Crippen molar-refractivity contribution in [2.24, 2.45) is 5.92 Å². The summed E-state index contributed by atoms with van der Waals surface area (Å²) in [6.45, 7) is 4.49. The van der Waals surface area contributed by atoms with E-state index in [9.17, 15) is 9.18 Å². The number of nitrogens with one attached hydrogen (secondary N) is 1. The van der Waals surface area contributed by atoms with E-state index in [1.165, 1.54) is 36.3 Å². The molecule has 0 spiro atoms. The van der Waals surface area contributed by atoms with Gasteiger partial charge in [-0.2, -0.15) is 0 Å². The van der Waals surface area contributed by atoms with Crippen molar-refractivity contribution in [2.45, 2.75) is 31.8 Å². The molecule has 4 nitrogen and oxygen atoms in total. The van der Waals surface area contributed by atoms with Crippen LogP contribution >= 0.6 is 11.3 Å². The Bertz CT molecular complexity index is 735. The van der Waals surface area contributed by atoms with Crippen molar-refractivity contribution < 1.29 is 9.18 Å². The predicted octanol–water partition coefficient (Wildman–Crippen LogP) is 3.16. The van der Waals surface area contributed by atoms with Gasteiger partial charge in [-0.1, -0.05) is 0 Å². The SMILES string of the molecule is CC1C(NC(=O)c2cnc(-c3ccc(F)cc3)s2)C2CCN1CC2. The zero-order valence-electron chi connectivity index (χ0n) is 13.5. The van der Waals surface area contributed by atoms with Gasteiger partial charge in [-0.15, -0.1) is 11.3 Å². The number of benzene rings is 1. The molecular formula is C18H20FN3OS. The molecule has 3 fully saturated rings. The molecular weight excluding hydrogens is 325 g/mol. The number of halogens is 1. The molecule has 2 bridgehead atoms. The van der Waals surface area contributed by atoms with Crippen molar-refractivity contribution in [1.82, 2.24) is 15.2 Å². The smallest absolute Gasteiger partial charge is 0.263 e. The number of carbonyl (C=O) groups is 1. The predicted molar refractivity (Wildman–Crippen MR) is 92.5 cm³/mol. The molecule has 1 aromatic carbocycles. The van der Waals surface area contributed by atoms with E-state index < -0.39 is 0 Å². The van der Waals surface area contributed by atoms with Gasteiger partial charge in [0.1, 0.15) is 15.7 Å². The van der Waals surface area contributed by atoms with Gasteiger partial charge in [-0.05, 0) is 63.0 Å². The highest BCUT2D eigenvalue weighted by Crippen LogP contribution is 2.32. The number of carbonyl (C=O) groups excluding carboxylic acids is 1. The molecule has 5 rings (SSSR count). The maximum atomic E-state index is 13.0. The molecule has 3 aliphatic rings. The van der Waals surface area contributed by atoms with Crippen molar-refractivity contribution in [1.29, 1.82) is 0 Å². The van der Waals surface area contributed by atoms with Gasteiger partial charge in [0, 0.05) is 17.6 Å². The van der Waals surface area contributed by atoms with E-state index in [0.717, 1.165) is 23.7 Å². The van der Waals surface area contributed by atoms with Crippen LogP contribution < -0.4 is 5.32 Å². The van der Waals surface area contributed by atoms with E-state index in [1.807, 2.05) is 0 Å². The van der Waals surface area contributed by atoms with Crippen LogP contribution in [0.3, 0.4) is 0 Å². The quantitative estimate of drug-likeness (QED) is 0.929. The maximum Gasteiger partial charge on any atom is 0.263 e. The Morgan fingerprint density at radius 2 is 2.00 bits per heavy atom. The first-order chi connectivity index (χ1) is 11.6. The molecule has 1 aromatic heterocycles. The lowest BCUT2D eigenvalue weighted by Gasteiger charge is -2.49. The molecule has 0 radical (unpaired) electrons. The number of thiazole rings is 1. The minimum atomic E-state index is -0.274. The largest absolute Gasteiger partial charge is 0.347 e. The molecule has 4 heterocycles. The van der Waals surface area contributed by atoms with Gasteiger partial charge in [0.05, 0.1) is 6.20 Å². The maximum absolute atomic E-state index is 13.0. The van der Waals surface area contributed by atoms with Crippen LogP contribution in [0.4, 0.5) is 4.39 Å². The third-order valence-corrected chi connectivity index (χ3v) is 6.34. The second-order valence-corrected chi connectivity index (χ2v) is 7.68. The fourth-order valence-corrected chi connectivity index (χ4v) is 4.70. The fourth-order valence-electron chi connectivity index (χ4n) is 3.87. The molecule has 126 valence electrons. The van der Waals surface area contributed by atoms with Gasteiger partial charge >= 0.3 is 0 Å². The molecule has 1 N–H and O–H groups in total. The number of nitrogens with zero attached hydrogens (tertiary/aromatic N) is 2. The zero-order chi connectivity index (χ0) is 16.7. The molecule has 6 heteroatoms. The van der Waals surface area contributed by atoms with Crippen molar-refractivity contribution in [3.05, 3.63) is 41.2 Å². The number of aromatic nitrogens is 1. The normalized spacial score (nSPS) is 28.8. The summed E-state index contributed by atoms with van der Waals surface area (Å²) in [6, 6.07) is 6.80. The number of fused-ring (bicyclic) bond motifs is 3. The molecule has 24 heavy (non-hydrogen) atoms. The van der Waals surface area contributed by atoms with E-state index in [1.54, 1.807) is 18.3 Å². The minimum absolute atomic E-state index is 0.0496. The summed E-state index contributed by atoms with van der Waals surface area (Å²) >= 11 is 1.35. The van der Waals surface area contributed by atoms with Crippen LogP contribution in [0.25, 0.3) is 10.6 Å². The number of amides is 1. The van der Waals surface area contributed by atoms with Crippen LogP contribution in [-0.2, 0) is 0 Å². The Morgan fingerprint density at radius 1 is 1.29 bits per heavy atom. The third kappa shape index (κ3) is 2.84. The zero-order valence-corrected chi connectivity index (χ0v) is 14.4. The fraction of sp³-hybridized carbons (Fsp3) is 0.444. The Morgan fingerprint density at radius 3 is 2.67 bits per heavy atom. The van der Waals surface area contributed by atoms with E-state index in [-0.39, 0.29) is 17.8 Å². The molecule has 0 aliphatic carbocycles. The Kier molecular flexibility index (Phi) is 4.10. The van der Waals surface area contributed by atoms with Crippen LogP contribution in [0.5, 0.6) is 0 Å². The summed E-state index contributed by atoms with van der Waals surface area (Å²) in [7, 11) is 0. The highest BCUT2D eigenvalue weighted by atomic mass is 32.1.